The second-order valence-corrected chi connectivity index (χ2v) is 4.23. The molecule has 1 N–H and O–H groups in total. The van der Waals surface area contributed by atoms with Crippen molar-refractivity contribution in [3.63, 3.8) is 0 Å². The van der Waals surface area contributed by atoms with Gasteiger partial charge in [0.1, 0.15) is 6.33 Å². The van der Waals surface area contributed by atoms with Crippen LogP contribution in [0, 0.1) is 0 Å². The molecule has 0 saturated heterocycles. The van der Waals surface area contributed by atoms with Gasteiger partial charge in [0.15, 0.2) is 0 Å². The molecular weight excluding hydrogens is 246 g/mol. The van der Waals surface area contributed by atoms with Crippen LogP contribution in [0.5, 0.6) is 0 Å². The number of amides is 1. The van der Waals surface area contributed by atoms with E-state index in [4.69, 9.17) is 0 Å². The fourth-order valence-electron chi connectivity index (χ4n) is 1.88. The Labute approximate surface area is 110 Å². The molecule has 0 saturated carbocycles. The first-order chi connectivity index (χ1) is 9.20. The SMILES string of the molecule is CC[C@H](NC(=O)CCn1cnnn1)c1ccnn1C. The van der Waals surface area contributed by atoms with Gasteiger partial charge in [0.05, 0.1) is 18.3 Å². The van der Waals surface area contributed by atoms with Gasteiger partial charge in [0.25, 0.3) is 0 Å². The predicted octanol–water partition coefficient (Wildman–Crippen LogP) is 0.0642. The Kier molecular flexibility index (Phi) is 4.22. The summed E-state index contributed by atoms with van der Waals surface area (Å²) in [6, 6.07) is 1.89. The van der Waals surface area contributed by atoms with Crippen LogP contribution in [0.1, 0.15) is 31.5 Å². The van der Waals surface area contributed by atoms with Crippen LogP contribution in [0.4, 0.5) is 0 Å². The third-order valence-corrected chi connectivity index (χ3v) is 2.92. The van der Waals surface area contributed by atoms with Crippen LogP contribution in [0.3, 0.4) is 0 Å². The quantitative estimate of drug-likeness (QED) is 0.796. The maximum Gasteiger partial charge on any atom is 0.222 e. The van der Waals surface area contributed by atoms with Crippen LogP contribution >= 0.6 is 0 Å². The zero-order valence-electron chi connectivity index (χ0n) is 11.0. The van der Waals surface area contributed by atoms with E-state index < -0.39 is 0 Å². The van der Waals surface area contributed by atoms with Crippen molar-refractivity contribution >= 4 is 5.91 Å². The number of tetrazole rings is 1. The van der Waals surface area contributed by atoms with Gasteiger partial charge in [0, 0.05) is 19.7 Å². The molecule has 2 aromatic rings. The smallest absolute Gasteiger partial charge is 0.222 e. The molecule has 1 atom stereocenters. The minimum absolute atomic E-state index is 0.0196. The maximum absolute atomic E-state index is 11.9. The van der Waals surface area contributed by atoms with Gasteiger partial charge < -0.3 is 5.32 Å². The monoisotopic (exact) mass is 263 g/mol. The number of nitrogens with one attached hydrogen (secondary N) is 1. The lowest BCUT2D eigenvalue weighted by Gasteiger charge is -2.17. The Morgan fingerprint density at radius 1 is 1.53 bits per heavy atom. The number of aryl methyl sites for hydroxylation is 2. The van der Waals surface area contributed by atoms with E-state index in [1.54, 1.807) is 10.9 Å². The molecule has 0 unspecified atom stereocenters. The highest BCUT2D eigenvalue weighted by atomic mass is 16.1. The summed E-state index contributed by atoms with van der Waals surface area (Å²) >= 11 is 0. The molecule has 0 aliphatic carbocycles. The van der Waals surface area contributed by atoms with Crippen LogP contribution in [0.15, 0.2) is 18.6 Å². The van der Waals surface area contributed by atoms with Crippen molar-refractivity contribution in [3.8, 4) is 0 Å². The number of carbonyl (C=O) groups is 1. The van der Waals surface area contributed by atoms with Crippen molar-refractivity contribution in [3.05, 3.63) is 24.3 Å². The van der Waals surface area contributed by atoms with E-state index in [1.165, 1.54) is 11.0 Å². The molecule has 0 radical (unpaired) electrons. The lowest BCUT2D eigenvalue weighted by molar-refractivity contribution is -0.122. The Balaban J connectivity index is 1.88. The van der Waals surface area contributed by atoms with E-state index in [0.29, 0.717) is 13.0 Å². The van der Waals surface area contributed by atoms with Gasteiger partial charge in [-0.15, -0.1) is 5.10 Å². The van der Waals surface area contributed by atoms with Crippen molar-refractivity contribution < 1.29 is 4.79 Å². The topological polar surface area (TPSA) is 90.5 Å². The van der Waals surface area contributed by atoms with Gasteiger partial charge in [-0.3, -0.25) is 9.48 Å². The first kappa shape index (κ1) is 13.2. The fourth-order valence-corrected chi connectivity index (χ4v) is 1.88. The maximum atomic E-state index is 11.9. The summed E-state index contributed by atoms with van der Waals surface area (Å²) in [6.07, 6.45) is 4.38. The molecular formula is C11H17N7O. The van der Waals surface area contributed by atoms with Crippen molar-refractivity contribution in [2.45, 2.75) is 32.4 Å². The van der Waals surface area contributed by atoms with Crippen LogP contribution in [-0.2, 0) is 18.4 Å². The lowest BCUT2D eigenvalue weighted by Crippen LogP contribution is -2.30. The van der Waals surface area contributed by atoms with Crippen molar-refractivity contribution in [1.29, 1.82) is 0 Å². The molecule has 2 rings (SSSR count). The zero-order chi connectivity index (χ0) is 13.7. The normalized spacial score (nSPS) is 12.3. The van der Waals surface area contributed by atoms with Crippen LogP contribution in [0.2, 0.25) is 0 Å². The molecule has 0 aromatic carbocycles. The number of hydrogen-bond donors (Lipinski definition) is 1. The fraction of sp³-hybridized carbons (Fsp3) is 0.545. The second-order valence-electron chi connectivity index (χ2n) is 4.23. The van der Waals surface area contributed by atoms with Crippen LogP contribution in [0.25, 0.3) is 0 Å². The van der Waals surface area contributed by atoms with Gasteiger partial charge in [-0.2, -0.15) is 5.10 Å². The third-order valence-electron chi connectivity index (χ3n) is 2.92. The van der Waals surface area contributed by atoms with E-state index in [0.717, 1.165) is 12.1 Å². The Hall–Kier alpha value is -2.25. The zero-order valence-corrected chi connectivity index (χ0v) is 11.0. The van der Waals surface area contributed by atoms with Crippen molar-refractivity contribution in [2.24, 2.45) is 7.05 Å². The first-order valence-corrected chi connectivity index (χ1v) is 6.18. The second kappa shape index (κ2) is 6.07. The number of carbonyl (C=O) groups excluding carboxylic acids is 1. The largest absolute Gasteiger partial charge is 0.348 e. The summed E-state index contributed by atoms with van der Waals surface area (Å²) < 4.78 is 3.31. The number of aromatic nitrogens is 6. The predicted molar refractivity (Wildman–Crippen MR) is 66.8 cm³/mol. The summed E-state index contributed by atoms with van der Waals surface area (Å²) in [6.45, 7) is 2.50. The molecule has 8 nitrogen and oxygen atoms in total. The molecule has 2 heterocycles. The highest BCUT2D eigenvalue weighted by Crippen LogP contribution is 2.15. The Morgan fingerprint density at radius 2 is 2.37 bits per heavy atom. The van der Waals surface area contributed by atoms with E-state index in [2.05, 4.69) is 25.9 Å². The summed E-state index contributed by atoms with van der Waals surface area (Å²) in [5.41, 5.74) is 0.998. The third kappa shape index (κ3) is 3.36. The number of hydrogen-bond acceptors (Lipinski definition) is 5. The average molecular weight is 263 g/mol. The minimum Gasteiger partial charge on any atom is -0.348 e. The molecule has 0 aliphatic heterocycles. The first-order valence-electron chi connectivity index (χ1n) is 6.18. The summed E-state index contributed by atoms with van der Waals surface area (Å²) in [5, 5.41) is 17.9. The minimum atomic E-state index is -0.0245. The molecule has 0 aliphatic rings. The van der Waals surface area contributed by atoms with Gasteiger partial charge in [-0.05, 0) is 22.9 Å². The summed E-state index contributed by atoms with van der Waals surface area (Å²) in [4.78, 5) is 11.9. The molecule has 0 fully saturated rings. The molecule has 2 aromatic heterocycles. The van der Waals surface area contributed by atoms with E-state index in [9.17, 15) is 4.79 Å². The number of nitrogens with zero attached hydrogens (tertiary/aromatic N) is 6. The van der Waals surface area contributed by atoms with E-state index in [1.807, 2.05) is 20.0 Å². The van der Waals surface area contributed by atoms with E-state index in [-0.39, 0.29) is 11.9 Å². The molecule has 8 heteroatoms. The van der Waals surface area contributed by atoms with Gasteiger partial charge in [0.2, 0.25) is 5.91 Å². The van der Waals surface area contributed by atoms with Gasteiger partial charge >= 0.3 is 0 Å². The van der Waals surface area contributed by atoms with Crippen molar-refractivity contribution in [1.82, 2.24) is 35.3 Å². The lowest BCUT2D eigenvalue weighted by atomic mass is 10.1. The van der Waals surface area contributed by atoms with Gasteiger partial charge in [-0.25, -0.2) is 4.68 Å². The van der Waals surface area contributed by atoms with Crippen LogP contribution in [-0.4, -0.2) is 35.9 Å². The molecule has 102 valence electrons. The summed E-state index contributed by atoms with van der Waals surface area (Å²) in [7, 11) is 1.87. The molecule has 0 bridgehead atoms. The average Bonchev–Trinajstić information content (AvgIpc) is 3.05. The summed E-state index contributed by atoms with van der Waals surface area (Å²) in [5.74, 6) is -0.0245. The molecule has 1 amide bonds. The molecule has 0 spiro atoms. The van der Waals surface area contributed by atoms with Crippen molar-refractivity contribution in [2.75, 3.05) is 0 Å². The van der Waals surface area contributed by atoms with Crippen LogP contribution < -0.4 is 5.32 Å². The Bertz CT molecular complexity index is 519. The van der Waals surface area contributed by atoms with E-state index >= 15 is 0 Å². The molecule has 19 heavy (non-hydrogen) atoms. The highest BCUT2D eigenvalue weighted by molar-refractivity contribution is 5.76. The highest BCUT2D eigenvalue weighted by Gasteiger charge is 2.15. The standard InChI is InChI=1S/C11H17N7O/c1-3-9(10-4-6-13-17(10)2)14-11(19)5-7-18-8-12-15-16-18/h4,6,8-9H,3,5,7H2,1-2H3,(H,14,19)/t9-/m0/s1. The van der Waals surface area contributed by atoms with Gasteiger partial charge in [-0.1, -0.05) is 6.92 Å². The Morgan fingerprint density at radius 3 is 2.95 bits per heavy atom. The number of rotatable bonds is 6.